The highest BCUT2D eigenvalue weighted by Gasteiger charge is 2.16. The molecular weight excluding hydrogens is 725 g/mol. The number of ether oxygens (including phenoxy) is 5. The molecule has 0 aliphatic heterocycles. The van der Waals surface area contributed by atoms with E-state index in [4.69, 9.17) is 28.8 Å². The number of hydrogen-bond acceptors (Lipinski definition) is 9. The first kappa shape index (κ1) is 46.7. The number of amides is 2. The number of nitrogens with zero attached hydrogens (tertiary/aromatic N) is 2. The Labute approximate surface area is 336 Å². The number of aliphatic hydroxyl groups is 1. The molecule has 0 aliphatic rings. The van der Waals surface area contributed by atoms with E-state index in [1.54, 1.807) is 97.9 Å². The van der Waals surface area contributed by atoms with Crippen molar-refractivity contribution in [2.24, 2.45) is 0 Å². The minimum absolute atomic E-state index is 0. The second kappa shape index (κ2) is 22.2. The van der Waals surface area contributed by atoms with Crippen molar-refractivity contribution < 1.29 is 43.5 Å². The zero-order valence-electron chi connectivity index (χ0n) is 32.5. The lowest BCUT2D eigenvalue weighted by atomic mass is 10.0. The Morgan fingerprint density at radius 2 is 0.947 bits per heavy atom. The molecule has 6 rings (SSSR count). The molecule has 0 radical (unpaired) electrons. The average molecular weight is 781 g/mol. The number of phenols is 1. The third kappa shape index (κ3) is 11.5. The molecule has 0 saturated carbocycles. The predicted octanol–water partition coefficient (Wildman–Crippen LogP) is 8.85. The third-order valence-corrected chi connectivity index (χ3v) is 8.50. The maximum Gasteiger partial charge on any atom is 0.254 e. The molecule has 11 heteroatoms. The summed E-state index contributed by atoms with van der Waals surface area (Å²) in [7, 11) is 13.2. The topological polar surface area (TPSA) is 127 Å². The molecule has 2 amide bonds. The van der Waals surface area contributed by atoms with Crippen LogP contribution in [-0.4, -0.2) is 88.5 Å². The first-order valence-corrected chi connectivity index (χ1v) is 17.3. The summed E-state index contributed by atoms with van der Waals surface area (Å²) >= 11 is 0. The van der Waals surface area contributed by atoms with Gasteiger partial charge in [0, 0.05) is 39.0 Å². The fraction of sp³-hybridized carbons (Fsp3) is 0.261. The van der Waals surface area contributed by atoms with Crippen molar-refractivity contribution in [1.82, 2.24) is 9.80 Å². The van der Waals surface area contributed by atoms with Gasteiger partial charge in [-0.05, 0) is 70.4 Å². The zero-order chi connectivity index (χ0) is 40.1. The predicted molar refractivity (Wildman–Crippen MR) is 228 cm³/mol. The Balaban J connectivity index is 0.000000319. The maximum absolute atomic E-state index is 12.6. The van der Waals surface area contributed by atoms with Gasteiger partial charge < -0.3 is 43.7 Å². The van der Waals surface area contributed by atoms with Crippen LogP contribution < -0.4 is 23.7 Å². The van der Waals surface area contributed by atoms with Crippen LogP contribution in [0, 0.1) is 0 Å². The molecule has 0 spiro atoms. The van der Waals surface area contributed by atoms with Crippen LogP contribution >= 0.6 is 0 Å². The van der Waals surface area contributed by atoms with Gasteiger partial charge in [0.2, 0.25) is 0 Å². The highest BCUT2D eigenvalue weighted by atomic mass is 16.5. The van der Waals surface area contributed by atoms with Crippen LogP contribution in [0.2, 0.25) is 0 Å². The monoisotopic (exact) mass is 780 g/mol. The molecule has 57 heavy (non-hydrogen) atoms. The summed E-state index contributed by atoms with van der Waals surface area (Å²) in [6, 6.07) is 33.1. The third-order valence-electron chi connectivity index (χ3n) is 8.50. The molecule has 304 valence electrons. The van der Waals surface area contributed by atoms with E-state index < -0.39 is 0 Å². The number of carbonyl (C=O) groups is 2. The zero-order valence-corrected chi connectivity index (χ0v) is 32.5. The smallest absolute Gasteiger partial charge is 0.254 e. The molecule has 6 aromatic carbocycles. The van der Waals surface area contributed by atoms with E-state index in [0.717, 1.165) is 27.3 Å². The van der Waals surface area contributed by atoms with Crippen molar-refractivity contribution in [3.8, 4) is 34.5 Å². The van der Waals surface area contributed by atoms with Gasteiger partial charge >= 0.3 is 0 Å². The molecule has 0 unspecified atom stereocenters. The van der Waals surface area contributed by atoms with Gasteiger partial charge in [-0.3, -0.25) is 9.59 Å². The molecule has 11 nitrogen and oxygen atoms in total. The standard InChI is InChI=1S/C22H23NO4.C13H13NO2.C9H12O3.2CH4/c1-23(2)22(24)17-9-5-7-16-8-6-10-19(21(16)17)27-14-15-11-12-18(25-3)20(13-15)26-4;1-14(2)13(16)10-7-3-5-9-6-4-8-11(15)12(9)10;1-11-8-4-3-7(6-10)5-9(8)12-2;;/h5-13H,14H2,1-4H3;3-8,15H,1-2H3;3-5,10H,6H2,1-2H3;2*1H4. The van der Waals surface area contributed by atoms with Crippen LogP contribution in [0.4, 0.5) is 0 Å². The van der Waals surface area contributed by atoms with Gasteiger partial charge in [-0.1, -0.05) is 75.5 Å². The Hall–Kier alpha value is -6.46. The van der Waals surface area contributed by atoms with E-state index in [1.807, 2.05) is 72.8 Å². The van der Waals surface area contributed by atoms with Gasteiger partial charge in [0.25, 0.3) is 11.8 Å². The van der Waals surface area contributed by atoms with Crippen molar-refractivity contribution >= 4 is 33.4 Å². The summed E-state index contributed by atoms with van der Waals surface area (Å²) in [5.41, 5.74) is 2.91. The molecular formula is C46H56N2O9. The SMILES string of the molecule is C.C.CN(C)C(=O)c1cccc2cccc(O)c12.COc1ccc(CO)cc1OC.COc1ccc(COc2cccc3cccc(C(=O)N(C)C)c23)cc1OC. The number of fused-ring (bicyclic) bond motifs is 2. The Bertz CT molecular complexity index is 2220. The number of carbonyl (C=O) groups excluding carboxylic acids is 2. The highest BCUT2D eigenvalue weighted by Crippen LogP contribution is 2.33. The van der Waals surface area contributed by atoms with Crippen molar-refractivity contribution in [2.45, 2.75) is 28.1 Å². The summed E-state index contributed by atoms with van der Waals surface area (Å²) in [5.74, 6) is 3.30. The summed E-state index contributed by atoms with van der Waals surface area (Å²) < 4.78 is 26.8. The normalized spacial score (nSPS) is 9.91. The number of methoxy groups -OCH3 is 4. The lowest BCUT2D eigenvalue weighted by molar-refractivity contribution is 0.0822. The molecule has 0 aliphatic carbocycles. The summed E-state index contributed by atoms with van der Waals surface area (Å²) in [5, 5.41) is 21.9. The van der Waals surface area contributed by atoms with Gasteiger partial charge in [0.1, 0.15) is 18.1 Å². The number of phenolic OH excluding ortho intramolecular Hbond substituents is 1. The Morgan fingerprint density at radius 3 is 1.42 bits per heavy atom. The van der Waals surface area contributed by atoms with Gasteiger partial charge in [-0.15, -0.1) is 0 Å². The first-order valence-electron chi connectivity index (χ1n) is 17.3. The molecule has 6 aromatic rings. The number of aromatic hydroxyl groups is 1. The van der Waals surface area contributed by atoms with Gasteiger partial charge in [-0.2, -0.15) is 0 Å². The maximum atomic E-state index is 12.6. The minimum atomic E-state index is -0.105. The van der Waals surface area contributed by atoms with Crippen LogP contribution in [0.15, 0.2) is 109 Å². The first-order chi connectivity index (χ1) is 26.5. The minimum Gasteiger partial charge on any atom is -0.507 e. The molecule has 0 fully saturated rings. The van der Waals surface area contributed by atoms with Crippen molar-refractivity contribution in [3.63, 3.8) is 0 Å². The van der Waals surface area contributed by atoms with Crippen LogP contribution in [0.1, 0.15) is 46.7 Å². The van der Waals surface area contributed by atoms with Crippen molar-refractivity contribution in [2.75, 3.05) is 56.6 Å². The summed E-state index contributed by atoms with van der Waals surface area (Å²) in [4.78, 5) is 27.6. The van der Waals surface area contributed by atoms with Crippen LogP contribution in [0.25, 0.3) is 21.5 Å². The molecule has 0 bridgehead atoms. The largest absolute Gasteiger partial charge is 0.507 e. The summed E-state index contributed by atoms with van der Waals surface area (Å²) in [6.45, 7) is 0.365. The van der Waals surface area contributed by atoms with Crippen LogP contribution in [0.3, 0.4) is 0 Å². The van der Waals surface area contributed by atoms with E-state index >= 15 is 0 Å². The van der Waals surface area contributed by atoms with E-state index in [0.29, 0.717) is 51.9 Å². The Morgan fingerprint density at radius 1 is 0.526 bits per heavy atom. The highest BCUT2D eigenvalue weighted by molar-refractivity contribution is 6.10. The van der Waals surface area contributed by atoms with Gasteiger partial charge in [0.05, 0.1) is 46.2 Å². The second-order valence-corrected chi connectivity index (χ2v) is 12.6. The average Bonchev–Trinajstić information content (AvgIpc) is 3.21. The fourth-order valence-corrected chi connectivity index (χ4v) is 5.70. The summed E-state index contributed by atoms with van der Waals surface area (Å²) in [6.07, 6.45) is 0. The van der Waals surface area contributed by atoms with E-state index in [1.165, 1.54) is 4.90 Å². The van der Waals surface area contributed by atoms with E-state index in [2.05, 4.69) is 0 Å². The number of benzene rings is 6. The van der Waals surface area contributed by atoms with Crippen LogP contribution in [-0.2, 0) is 13.2 Å². The van der Waals surface area contributed by atoms with Crippen molar-refractivity contribution in [1.29, 1.82) is 0 Å². The quantitative estimate of drug-likeness (QED) is 0.140. The van der Waals surface area contributed by atoms with Crippen LogP contribution in [0.5, 0.6) is 34.5 Å². The van der Waals surface area contributed by atoms with E-state index in [9.17, 15) is 14.7 Å². The van der Waals surface area contributed by atoms with Gasteiger partial charge in [-0.25, -0.2) is 0 Å². The Kier molecular flexibility index (Phi) is 18.2. The number of aliphatic hydroxyl groups excluding tert-OH is 1. The lowest BCUT2D eigenvalue weighted by Crippen LogP contribution is -2.22. The molecule has 2 N–H and O–H groups in total. The number of hydrogen-bond donors (Lipinski definition) is 2. The molecule has 0 atom stereocenters. The second-order valence-electron chi connectivity index (χ2n) is 12.6. The molecule has 0 heterocycles. The lowest BCUT2D eigenvalue weighted by Gasteiger charge is -2.16. The van der Waals surface area contributed by atoms with E-state index in [-0.39, 0.29) is 39.0 Å². The van der Waals surface area contributed by atoms with Gasteiger partial charge in [0.15, 0.2) is 23.0 Å². The molecule has 0 saturated heterocycles. The number of rotatable bonds is 10. The fourth-order valence-electron chi connectivity index (χ4n) is 5.70. The molecule has 0 aromatic heterocycles. The van der Waals surface area contributed by atoms with Crippen molar-refractivity contribution in [3.05, 3.63) is 131 Å².